The molecule has 1 aromatic carbocycles. The molecule has 4 N–H and O–H groups in total. The quantitative estimate of drug-likeness (QED) is 0.581. The second kappa shape index (κ2) is 5.82. The lowest BCUT2D eigenvalue weighted by Crippen LogP contribution is -2.15. The molecule has 2 rings (SSSR count). The van der Waals surface area contributed by atoms with Gasteiger partial charge in [0.2, 0.25) is 0 Å². The molecular formula is C14H13N5O. The van der Waals surface area contributed by atoms with Crippen LogP contribution in [0.25, 0.3) is 0 Å². The Kier molecular flexibility index (Phi) is 3.93. The van der Waals surface area contributed by atoms with Gasteiger partial charge in [-0.2, -0.15) is 5.26 Å². The van der Waals surface area contributed by atoms with E-state index in [2.05, 4.69) is 15.7 Å². The van der Waals surface area contributed by atoms with Crippen molar-refractivity contribution < 1.29 is 4.79 Å². The maximum Gasteiger partial charge on any atom is 0.274 e. The molecular weight excluding hydrogens is 254 g/mol. The average molecular weight is 267 g/mol. The lowest BCUT2D eigenvalue weighted by Gasteiger charge is -2.08. The highest BCUT2D eigenvalue weighted by atomic mass is 16.1. The Balaban J connectivity index is 2.20. The van der Waals surface area contributed by atoms with Crippen molar-refractivity contribution in [1.29, 1.82) is 5.26 Å². The van der Waals surface area contributed by atoms with Crippen LogP contribution in [0.4, 0.5) is 11.4 Å². The molecule has 0 aliphatic carbocycles. The maximum absolute atomic E-state index is 12.1. The monoisotopic (exact) mass is 267 g/mol. The predicted octanol–water partition coefficient (Wildman–Crippen LogP) is 1.80. The van der Waals surface area contributed by atoms with Crippen LogP contribution in [0.3, 0.4) is 0 Å². The fraction of sp³-hybridized carbons (Fsp3) is 0.0714. The van der Waals surface area contributed by atoms with Gasteiger partial charge in [0.1, 0.15) is 5.69 Å². The van der Waals surface area contributed by atoms with Crippen LogP contribution in [0, 0.1) is 18.3 Å². The van der Waals surface area contributed by atoms with Crippen LogP contribution in [0.5, 0.6) is 0 Å². The summed E-state index contributed by atoms with van der Waals surface area (Å²) in [4.78, 5) is 16.1. The van der Waals surface area contributed by atoms with Crippen LogP contribution in [0.1, 0.15) is 21.6 Å². The second-order valence-electron chi connectivity index (χ2n) is 4.17. The fourth-order valence-electron chi connectivity index (χ4n) is 1.63. The molecule has 20 heavy (non-hydrogen) atoms. The first-order chi connectivity index (χ1) is 9.63. The third kappa shape index (κ3) is 2.91. The molecule has 1 amide bonds. The van der Waals surface area contributed by atoms with Gasteiger partial charge in [-0.1, -0.05) is 6.07 Å². The van der Waals surface area contributed by atoms with Gasteiger partial charge < -0.3 is 10.7 Å². The molecule has 0 saturated heterocycles. The van der Waals surface area contributed by atoms with Crippen molar-refractivity contribution in [1.82, 2.24) is 4.98 Å². The summed E-state index contributed by atoms with van der Waals surface area (Å²) in [5, 5.41) is 11.6. The number of nitrogens with one attached hydrogen (secondary N) is 2. The molecule has 2 aromatic rings. The number of aryl methyl sites for hydroxylation is 1. The summed E-state index contributed by atoms with van der Waals surface area (Å²) in [6, 6.07) is 10.4. The summed E-state index contributed by atoms with van der Waals surface area (Å²) in [6.07, 6.45) is 1.47. The molecule has 100 valence electrons. The van der Waals surface area contributed by atoms with Crippen LogP contribution in [-0.4, -0.2) is 10.9 Å². The van der Waals surface area contributed by atoms with Gasteiger partial charge in [-0.3, -0.25) is 10.6 Å². The highest BCUT2D eigenvalue weighted by Gasteiger charge is 2.09. The fourth-order valence-corrected chi connectivity index (χ4v) is 1.63. The van der Waals surface area contributed by atoms with E-state index in [1.807, 2.05) is 13.0 Å². The van der Waals surface area contributed by atoms with Crippen LogP contribution >= 0.6 is 0 Å². The molecule has 0 aliphatic rings. The number of nitrogens with zero attached hydrogens (tertiary/aromatic N) is 2. The van der Waals surface area contributed by atoms with Crippen molar-refractivity contribution in [3.63, 3.8) is 0 Å². The lowest BCUT2D eigenvalue weighted by atomic mass is 10.1. The molecule has 0 spiro atoms. The number of nitrogens with two attached hydrogens (primary N) is 1. The highest BCUT2D eigenvalue weighted by molar-refractivity contribution is 6.03. The molecule has 1 heterocycles. The van der Waals surface area contributed by atoms with E-state index in [0.29, 0.717) is 16.9 Å². The van der Waals surface area contributed by atoms with E-state index in [0.717, 1.165) is 5.56 Å². The van der Waals surface area contributed by atoms with E-state index in [1.165, 1.54) is 6.20 Å². The summed E-state index contributed by atoms with van der Waals surface area (Å²) in [7, 11) is 0. The molecule has 0 aliphatic heterocycles. The largest absolute Gasteiger partial charge is 0.323 e. The van der Waals surface area contributed by atoms with Crippen molar-refractivity contribution in [2.75, 3.05) is 10.7 Å². The number of carbonyl (C=O) groups is 1. The smallest absolute Gasteiger partial charge is 0.274 e. The van der Waals surface area contributed by atoms with E-state index in [1.54, 1.807) is 30.3 Å². The average Bonchev–Trinajstić information content (AvgIpc) is 2.49. The van der Waals surface area contributed by atoms with Crippen molar-refractivity contribution in [2.24, 2.45) is 5.84 Å². The number of carbonyl (C=O) groups excluding carboxylic acids is 1. The van der Waals surface area contributed by atoms with Gasteiger partial charge in [-0.25, -0.2) is 4.98 Å². The third-order valence-corrected chi connectivity index (χ3v) is 2.78. The number of rotatable bonds is 3. The van der Waals surface area contributed by atoms with Crippen molar-refractivity contribution >= 4 is 17.3 Å². The van der Waals surface area contributed by atoms with Gasteiger partial charge in [0, 0.05) is 5.69 Å². The molecule has 0 atom stereocenters. The number of nitriles is 1. The second-order valence-corrected chi connectivity index (χ2v) is 4.17. The summed E-state index contributed by atoms with van der Waals surface area (Å²) in [5.41, 5.74) is 5.28. The normalized spacial score (nSPS) is 9.65. The van der Waals surface area contributed by atoms with Gasteiger partial charge in [0.05, 0.1) is 23.5 Å². The number of nitrogen functional groups attached to an aromatic ring is 1. The minimum absolute atomic E-state index is 0.269. The predicted molar refractivity (Wildman–Crippen MR) is 75.9 cm³/mol. The number of aromatic nitrogens is 1. The highest BCUT2D eigenvalue weighted by Crippen LogP contribution is 2.17. The molecule has 0 fully saturated rings. The Morgan fingerprint density at radius 2 is 2.15 bits per heavy atom. The van der Waals surface area contributed by atoms with Gasteiger partial charge in [0.25, 0.3) is 5.91 Å². The van der Waals surface area contributed by atoms with Crippen LogP contribution < -0.4 is 16.6 Å². The third-order valence-electron chi connectivity index (χ3n) is 2.78. The summed E-state index contributed by atoms with van der Waals surface area (Å²) < 4.78 is 0. The van der Waals surface area contributed by atoms with E-state index in [4.69, 9.17) is 11.1 Å². The number of anilines is 2. The zero-order chi connectivity index (χ0) is 14.5. The Morgan fingerprint density at radius 3 is 2.75 bits per heavy atom. The zero-order valence-corrected chi connectivity index (χ0v) is 10.8. The first-order valence-electron chi connectivity index (χ1n) is 5.89. The lowest BCUT2D eigenvalue weighted by molar-refractivity contribution is 0.102. The standard InChI is InChI=1S/C14H13N5O/c1-9-2-3-10(7-15)6-13(9)18-14(20)12-5-4-11(19-16)8-17-12/h2-6,8,19H,16H2,1H3,(H,18,20). The molecule has 0 saturated carbocycles. The van der Waals surface area contributed by atoms with E-state index in [9.17, 15) is 4.79 Å². The Morgan fingerprint density at radius 1 is 1.35 bits per heavy atom. The van der Waals surface area contributed by atoms with Crippen LogP contribution in [0.2, 0.25) is 0 Å². The number of hydrogen-bond donors (Lipinski definition) is 3. The van der Waals surface area contributed by atoms with Crippen LogP contribution in [0.15, 0.2) is 36.5 Å². The molecule has 0 radical (unpaired) electrons. The number of pyridine rings is 1. The van der Waals surface area contributed by atoms with E-state index in [-0.39, 0.29) is 11.6 Å². The van der Waals surface area contributed by atoms with E-state index >= 15 is 0 Å². The molecule has 6 nitrogen and oxygen atoms in total. The summed E-state index contributed by atoms with van der Waals surface area (Å²) in [6.45, 7) is 1.85. The minimum Gasteiger partial charge on any atom is -0.323 e. The first-order valence-corrected chi connectivity index (χ1v) is 5.89. The van der Waals surface area contributed by atoms with Crippen molar-refractivity contribution in [3.05, 3.63) is 53.3 Å². The number of amides is 1. The van der Waals surface area contributed by atoms with Gasteiger partial charge >= 0.3 is 0 Å². The van der Waals surface area contributed by atoms with Crippen molar-refractivity contribution in [2.45, 2.75) is 6.92 Å². The topological polar surface area (TPSA) is 104 Å². The van der Waals surface area contributed by atoms with E-state index < -0.39 is 0 Å². The maximum atomic E-state index is 12.1. The number of hydrazine groups is 1. The summed E-state index contributed by atoms with van der Waals surface area (Å²) in [5.74, 6) is 4.89. The van der Waals surface area contributed by atoms with Gasteiger partial charge in [-0.05, 0) is 36.8 Å². The summed E-state index contributed by atoms with van der Waals surface area (Å²) >= 11 is 0. The molecule has 1 aromatic heterocycles. The first kappa shape index (κ1) is 13.5. The molecule has 6 heteroatoms. The number of hydrogen-bond acceptors (Lipinski definition) is 5. The Bertz CT molecular complexity index is 673. The van der Waals surface area contributed by atoms with Gasteiger partial charge in [-0.15, -0.1) is 0 Å². The van der Waals surface area contributed by atoms with Gasteiger partial charge in [0.15, 0.2) is 0 Å². The Hall–Kier alpha value is -2.91. The molecule has 0 unspecified atom stereocenters. The van der Waals surface area contributed by atoms with Crippen molar-refractivity contribution in [3.8, 4) is 6.07 Å². The SMILES string of the molecule is Cc1ccc(C#N)cc1NC(=O)c1ccc(NN)cn1. The minimum atomic E-state index is -0.341. The molecule has 0 bridgehead atoms. The Labute approximate surface area is 116 Å². The number of benzene rings is 1. The van der Waals surface area contributed by atoms with Crippen LogP contribution in [-0.2, 0) is 0 Å². The zero-order valence-electron chi connectivity index (χ0n) is 10.8.